The van der Waals surface area contributed by atoms with Crippen molar-refractivity contribution in [2.45, 2.75) is 18.9 Å². The summed E-state index contributed by atoms with van der Waals surface area (Å²) in [4.78, 5) is 4.28. The van der Waals surface area contributed by atoms with Crippen LogP contribution in [0.4, 0.5) is 0 Å². The molecule has 0 saturated carbocycles. The van der Waals surface area contributed by atoms with Gasteiger partial charge >= 0.3 is 0 Å². The Hall–Kier alpha value is -0.900. The van der Waals surface area contributed by atoms with E-state index in [2.05, 4.69) is 20.9 Å². The first-order valence-electron chi connectivity index (χ1n) is 5.74. The number of halogens is 2. The molecule has 18 heavy (non-hydrogen) atoms. The average Bonchev–Trinajstić information content (AvgIpc) is 2.34. The van der Waals surface area contributed by atoms with Crippen LogP contribution in [0.2, 0.25) is 5.02 Å². The molecular formula is C14H14BrClN2. The van der Waals surface area contributed by atoms with Crippen LogP contribution in [0.1, 0.15) is 11.3 Å². The van der Waals surface area contributed by atoms with Crippen molar-refractivity contribution in [2.75, 3.05) is 0 Å². The van der Waals surface area contributed by atoms with E-state index in [9.17, 15) is 0 Å². The molecule has 0 amide bonds. The fourth-order valence-corrected chi connectivity index (χ4v) is 2.58. The van der Waals surface area contributed by atoms with Crippen LogP contribution in [0.3, 0.4) is 0 Å². The smallest absolute Gasteiger partial charge is 0.0449 e. The number of hydrogen-bond acceptors (Lipinski definition) is 2. The highest BCUT2D eigenvalue weighted by molar-refractivity contribution is 9.10. The van der Waals surface area contributed by atoms with Gasteiger partial charge in [0.05, 0.1) is 0 Å². The van der Waals surface area contributed by atoms with Crippen molar-refractivity contribution in [1.82, 2.24) is 4.98 Å². The highest BCUT2D eigenvalue weighted by Gasteiger charge is 2.09. The molecule has 0 bridgehead atoms. The zero-order chi connectivity index (χ0) is 13.0. The maximum absolute atomic E-state index is 6.18. The van der Waals surface area contributed by atoms with E-state index in [0.717, 1.165) is 33.6 Å². The summed E-state index contributed by atoms with van der Waals surface area (Å²) in [5, 5.41) is 0.751. The maximum atomic E-state index is 6.18. The third-order valence-corrected chi connectivity index (χ3v) is 3.54. The van der Waals surface area contributed by atoms with E-state index in [0.29, 0.717) is 0 Å². The van der Waals surface area contributed by atoms with Gasteiger partial charge in [-0.2, -0.15) is 0 Å². The van der Waals surface area contributed by atoms with E-state index in [-0.39, 0.29) is 6.04 Å². The predicted molar refractivity (Wildman–Crippen MR) is 78.8 cm³/mol. The molecule has 94 valence electrons. The van der Waals surface area contributed by atoms with Gasteiger partial charge < -0.3 is 5.73 Å². The number of aromatic nitrogens is 1. The summed E-state index contributed by atoms with van der Waals surface area (Å²) in [7, 11) is 0. The largest absolute Gasteiger partial charge is 0.327 e. The molecule has 4 heteroatoms. The molecule has 2 aromatic rings. The summed E-state index contributed by atoms with van der Waals surface area (Å²) < 4.78 is 0.981. The minimum atomic E-state index is 0.0265. The molecule has 0 aliphatic carbocycles. The lowest BCUT2D eigenvalue weighted by Gasteiger charge is -2.12. The molecule has 1 unspecified atom stereocenters. The molecule has 2 N–H and O–H groups in total. The van der Waals surface area contributed by atoms with Crippen molar-refractivity contribution in [3.8, 4) is 0 Å². The summed E-state index contributed by atoms with van der Waals surface area (Å²) in [6.45, 7) is 0. The topological polar surface area (TPSA) is 38.9 Å². The maximum Gasteiger partial charge on any atom is 0.0449 e. The van der Waals surface area contributed by atoms with Gasteiger partial charge in [-0.25, -0.2) is 0 Å². The van der Waals surface area contributed by atoms with E-state index in [1.54, 1.807) is 6.20 Å². The Morgan fingerprint density at radius 2 is 2.06 bits per heavy atom. The Morgan fingerprint density at radius 3 is 2.72 bits per heavy atom. The molecule has 0 saturated heterocycles. The molecule has 0 radical (unpaired) electrons. The lowest BCUT2D eigenvalue weighted by Crippen LogP contribution is -2.26. The first kappa shape index (κ1) is 13.5. The van der Waals surface area contributed by atoms with Crippen molar-refractivity contribution in [3.63, 3.8) is 0 Å². The summed E-state index contributed by atoms with van der Waals surface area (Å²) >= 11 is 9.57. The van der Waals surface area contributed by atoms with Crippen LogP contribution >= 0.6 is 27.5 Å². The van der Waals surface area contributed by atoms with Crippen LogP contribution < -0.4 is 5.73 Å². The van der Waals surface area contributed by atoms with Crippen LogP contribution in [0, 0.1) is 0 Å². The molecule has 1 aromatic carbocycles. The summed E-state index contributed by atoms with van der Waals surface area (Å²) in [5.41, 5.74) is 8.22. The van der Waals surface area contributed by atoms with Crippen LogP contribution in [-0.2, 0) is 12.8 Å². The SMILES string of the molecule is NC(Cc1ccccn1)Cc1ccc(Br)cc1Cl. The van der Waals surface area contributed by atoms with E-state index >= 15 is 0 Å². The van der Waals surface area contributed by atoms with Crippen LogP contribution in [-0.4, -0.2) is 11.0 Å². The third kappa shape index (κ3) is 3.80. The minimum Gasteiger partial charge on any atom is -0.327 e. The molecule has 1 aromatic heterocycles. The molecule has 2 nitrogen and oxygen atoms in total. The minimum absolute atomic E-state index is 0.0265. The number of nitrogens with zero attached hydrogens (tertiary/aromatic N) is 1. The van der Waals surface area contributed by atoms with Crippen LogP contribution in [0.5, 0.6) is 0 Å². The molecule has 0 aliphatic heterocycles. The van der Waals surface area contributed by atoms with Crippen LogP contribution in [0.15, 0.2) is 47.1 Å². The predicted octanol–water partition coefficient (Wildman–Crippen LogP) is 3.61. The van der Waals surface area contributed by atoms with Crippen molar-refractivity contribution in [1.29, 1.82) is 0 Å². The van der Waals surface area contributed by atoms with Gasteiger partial charge in [0, 0.05) is 33.8 Å². The first-order chi connectivity index (χ1) is 8.65. The molecule has 0 spiro atoms. The summed E-state index contributed by atoms with van der Waals surface area (Å²) in [6.07, 6.45) is 3.30. The highest BCUT2D eigenvalue weighted by Crippen LogP contribution is 2.22. The number of rotatable bonds is 4. The van der Waals surface area contributed by atoms with Gasteiger partial charge in [0.25, 0.3) is 0 Å². The zero-order valence-corrected chi connectivity index (χ0v) is 12.2. The molecule has 1 heterocycles. The molecule has 0 fully saturated rings. The van der Waals surface area contributed by atoms with Gasteiger partial charge in [-0.15, -0.1) is 0 Å². The van der Waals surface area contributed by atoms with Crippen molar-refractivity contribution >= 4 is 27.5 Å². The van der Waals surface area contributed by atoms with Gasteiger partial charge in [-0.1, -0.05) is 39.7 Å². The Kier molecular flexibility index (Phi) is 4.75. The second kappa shape index (κ2) is 6.32. The van der Waals surface area contributed by atoms with Gasteiger partial charge in [-0.05, 0) is 36.2 Å². The lowest BCUT2D eigenvalue weighted by atomic mass is 10.0. The van der Waals surface area contributed by atoms with Gasteiger partial charge in [-0.3, -0.25) is 4.98 Å². The normalized spacial score (nSPS) is 12.4. The van der Waals surface area contributed by atoms with Crippen molar-refractivity contribution in [3.05, 3.63) is 63.3 Å². The lowest BCUT2D eigenvalue weighted by molar-refractivity contribution is 0.654. The average molecular weight is 326 g/mol. The molecule has 1 atom stereocenters. The Balaban J connectivity index is 2.01. The quantitative estimate of drug-likeness (QED) is 0.932. The fraction of sp³-hybridized carbons (Fsp3) is 0.214. The molecule has 2 rings (SSSR count). The van der Waals surface area contributed by atoms with Crippen molar-refractivity contribution < 1.29 is 0 Å². The van der Waals surface area contributed by atoms with E-state index in [1.807, 2.05) is 36.4 Å². The Bertz CT molecular complexity index is 516. The van der Waals surface area contributed by atoms with E-state index in [4.69, 9.17) is 17.3 Å². The van der Waals surface area contributed by atoms with E-state index in [1.165, 1.54) is 0 Å². The molecule has 0 aliphatic rings. The monoisotopic (exact) mass is 324 g/mol. The van der Waals surface area contributed by atoms with Crippen molar-refractivity contribution in [2.24, 2.45) is 5.73 Å². The number of pyridine rings is 1. The number of hydrogen-bond donors (Lipinski definition) is 1. The van der Waals surface area contributed by atoms with Gasteiger partial charge in [0.1, 0.15) is 0 Å². The Labute approximate surface area is 120 Å². The number of nitrogens with two attached hydrogens (primary N) is 1. The summed E-state index contributed by atoms with van der Waals surface area (Å²) in [5.74, 6) is 0. The summed E-state index contributed by atoms with van der Waals surface area (Å²) in [6, 6.07) is 11.8. The van der Waals surface area contributed by atoms with Gasteiger partial charge in [0.15, 0.2) is 0 Å². The van der Waals surface area contributed by atoms with Gasteiger partial charge in [0.2, 0.25) is 0 Å². The standard InChI is InChI=1S/C14H14BrClN2/c15-11-5-4-10(14(16)8-11)7-12(17)9-13-3-1-2-6-18-13/h1-6,8,12H,7,9,17H2. The highest BCUT2D eigenvalue weighted by atomic mass is 79.9. The van der Waals surface area contributed by atoms with Crippen LogP contribution in [0.25, 0.3) is 0 Å². The second-order valence-corrected chi connectivity index (χ2v) is 5.55. The molecular weight excluding hydrogens is 312 g/mol. The Morgan fingerprint density at radius 1 is 1.22 bits per heavy atom. The fourth-order valence-electron chi connectivity index (χ4n) is 1.83. The zero-order valence-electron chi connectivity index (χ0n) is 9.81. The first-order valence-corrected chi connectivity index (χ1v) is 6.91. The van der Waals surface area contributed by atoms with E-state index < -0.39 is 0 Å². The second-order valence-electron chi connectivity index (χ2n) is 4.23. The third-order valence-electron chi connectivity index (χ3n) is 2.69. The number of benzene rings is 1.